The monoisotopic (exact) mass is 226 g/mol. The van der Waals surface area contributed by atoms with Crippen molar-refractivity contribution in [1.82, 2.24) is 14.8 Å². The zero-order valence-corrected chi connectivity index (χ0v) is 9.00. The third-order valence-electron chi connectivity index (χ3n) is 2.09. The number of benzene rings is 1. The van der Waals surface area contributed by atoms with E-state index in [0.717, 1.165) is 5.56 Å². The van der Waals surface area contributed by atoms with Crippen molar-refractivity contribution in [2.45, 2.75) is 6.54 Å². The molecule has 1 aromatic heterocycles. The van der Waals surface area contributed by atoms with E-state index in [1.807, 2.05) is 0 Å². The summed E-state index contributed by atoms with van der Waals surface area (Å²) < 4.78 is 1.44. The van der Waals surface area contributed by atoms with Crippen LogP contribution in [0.2, 0.25) is 0 Å². The maximum Gasteiger partial charge on any atom is 0.246 e. The van der Waals surface area contributed by atoms with Crippen molar-refractivity contribution in [2.75, 3.05) is 5.32 Å². The molecule has 0 aliphatic rings. The summed E-state index contributed by atoms with van der Waals surface area (Å²) in [6.07, 6.45) is 8.14. The van der Waals surface area contributed by atoms with Crippen LogP contribution < -0.4 is 5.32 Å². The zero-order chi connectivity index (χ0) is 12.1. The quantitative estimate of drug-likeness (QED) is 0.791. The topological polar surface area (TPSA) is 59.8 Å². The van der Waals surface area contributed by atoms with Gasteiger partial charge in [-0.05, 0) is 18.2 Å². The summed E-state index contributed by atoms with van der Waals surface area (Å²) in [6.45, 7) is 0.125. The summed E-state index contributed by atoms with van der Waals surface area (Å²) in [5.41, 5.74) is 1.40. The van der Waals surface area contributed by atoms with Gasteiger partial charge in [0.25, 0.3) is 0 Å². The Morgan fingerprint density at radius 2 is 2.41 bits per heavy atom. The van der Waals surface area contributed by atoms with Crippen LogP contribution >= 0.6 is 0 Å². The van der Waals surface area contributed by atoms with E-state index in [4.69, 9.17) is 6.42 Å². The lowest BCUT2D eigenvalue weighted by Gasteiger charge is -2.05. The van der Waals surface area contributed by atoms with Crippen LogP contribution in [0.3, 0.4) is 0 Å². The SMILES string of the molecule is C#Cc1cccc(NC(=O)Cn2cncn2)c1. The first-order valence-electron chi connectivity index (χ1n) is 4.97. The Hall–Kier alpha value is -2.61. The minimum absolute atomic E-state index is 0.125. The third kappa shape index (κ3) is 2.92. The molecule has 2 rings (SSSR count). The van der Waals surface area contributed by atoms with E-state index < -0.39 is 0 Å². The Morgan fingerprint density at radius 1 is 1.53 bits per heavy atom. The van der Waals surface area contributed by atoms with E-state index in [-0.39, 0.29) is 12.5 Å². The van der Waals surface area contributed by atoms with Crippen LogP contribution in [0.15, 0.2) is 36.9 Å². The van der Waals surface area contributed by atoms with Crippen molar-refractivity contribution in [2.24, 2.45) is 0 Å². The number of aromatic nitrogens is 3. The molecular formula is C12H10N4O. The fraction of sp³-hybridized carbons (Fsp3) is 0.0833. The van der Waals surface area contributed by atoms with Crippen LogP contribution in [0.25, 0.3) is 0 Å². The molecule has 0 aliphatic carbocycles. The fourth-order valence-corrected chi connectivity index (χ4v) is 1.35. The molecular weight excluding hydrogens is 216 g/mol. The number of nitrogens with one attached hydrogen (secondary N) is 1. The number of anilines is 1. The van der Waals surface area contributed by atoms with Gasteiger partial charge in [0.15, 0.2) is 0 Å². The first kappa shape index (κ1) is 10.9. The molecule has 5 nitrogen and oxygen atoms in total. The first-order chi connectivity index (χ1) is 8.28. The standard InChI is InChI=1S/C12H10N4O/c1-2-10-4-3-5-11(6-10)15-12(17)7-16-9-13-8-14-16/h1,3-6,8-9H,7H2,(H,15,17). The van der Waals surface area contributed by atoms with Gasteiger partial charge in [0.2, 0.25) is 5.91 Å². The van der Waals surface area contributed by atoms with Gasteiger partial charge in [0, 0.05) is 11.3 Å². The lowest BCUT2D eigenvalue weighted by Crippen LogP contribution is -2.19. The van der Waals surface area contributed by atoms with Crippen LogP contribution in [0.1, 0.15) is 5.56 Å². The Bertz CT molecular complexity index is 554. The second-order valence-corrected chi connectivity index (χ2v) is 3.37. The highest BCUT2D eigenvalue weighted by molar-refractivity contribution is 5.90. The average Bonchev–Trinajstić information content (AvgIpc) is 2.82. The Balaban J connectivity index is 2.01. The summed E-state index contributed by atoms with van der Waals surface area (Å²) in [5.74, 6) is 2.33. The van der Waals surface area contributed by atoms with Gasteiger partial charge >= 0.3 is 0 Å². The van der Waals surface area contributed by atoms with Crippen LogP contribution in [0.5, 0.6) is 0 Å². The third-order valence-corrected chi connectivity index (χ3v) is 2.09. The molecule has 17 heavy (non-hydrogen) atoms. The van der Waals surface area contributed by atoms with Gasteiger partial charge in [0.05, 0.1) is 0 Å². The van der Waals surface area contributed by atoms with Gasteiger partial charge < -0.3 is 5.32 Å². The molecule has 0 saturated carbocycles. The minimum Gasteiger partial charge on any atom is -0.324 e. The maximum absolute atomic E-state index is 11.6. The number of carbonyl (C=O) groups excluding carboxylic acids is 1. The van der Waals surface area contributed by atoms with Gasteiger partial charge in [-0.25, -0.2) is 9.67 Å². The zero-order valence-electron chi connectivity index (χ0n) is 9.00. The number of terminal acetylenes is 1. The van der Waals surface area contributed by atoms with Gasteiger partial charge in [0.1, 0.15) is 19.2 Å². The fourth-order valence-electron chi connectivity index (χ4n) is 1.35. The van der Waals surface area contributed by atoms with Gasteiger partial charge in [-0.2, -0.15) is 5.10 Å². The normalized spacial score (nSPS) is 9.59. The average molecular weight is 226 g/mol. The molecule has 0 fully saturated rings. The number of nitrogens with zero attached hydrogens (tertiary/aromatic N) is 3. The predicted octanol–water partition coefficient (Wildman–Crippen LogP) is 0.898. The molecule has 0 spiro atoms. The van der Waals surface area contributed by atoms with Crippen LogP contribution in [-0.4, -0.2) is 20.7 Å². The van der Waals surface area contributed by atoms with Gasteiger partial charge in [-0.3, -0.25) is 4.79 Å². The Kier molecular flexibility index (Phi) is 3.17. The first-order valence-corrected chi connectivity index (χ1v) is 4.97. The van der Waals surface area contributed by atoms with Crippen molar-refractivity contribution in [3.05, 3.63) is 42.5 Å². The van der Waals surface area contributed by atoms with E-state index in [9.17, 15) is 4.79 Å². The molecule has 5 heteroatoms. The number of rotatable bonds is 3. The molecule has 84 valence electrons. The lowest BCUT2D eigenvalue weighted by atomic mass is 10.2. The highest BCUT2D eigenvalue weighted by Gasteiger charge is 2.03. The molecule has 2 aromatic rings. The number of hydrogen-bond acceptors (Lipinski definition) is 3. The van der Waals surface area contributed by atoms with Crippen molar-refractivity contribution < 1.29 is 4.79 Å². The second-order valence-electron chi connectivity index (χ2n) is 3.37. The van der Waals surface area contributed by atoms with E-state index >= 15 is 0 Å². The Labute approximate surface area is 98.5 Å². The smallest absolute Gasteiger partial charge is 0.246 e. The predicted molar refractivity (Wildman–Crippen MR) is 63.0 cm³/mol. The molecule has 1 heterocycles. The molecule has 1 N–H and O–H groups in total. The lowest BCUT2D eigenvalue weighted by molar-refractivity contribution is -0.116. The highest BCUT2D eigenvalue weighted by Crippen LogP contribution is 2.09. The molecule has 1 aromatic carbocycles. The largest absolute Gasteiger partial charge is 0.324 e. The number of carbonyl (C=O) groups is 1. The summed E-state index contributed by atoms with van der Waals surface area (Å²) in [5, 5.41) is 6.58. The molecule has 0 atom stereocenters. The van der Waals surface area contributed by atoms with E-state index in [0.29, 0.717) is 5.69 Å². The number of amides is 1. The van der Waals surface area contributed by atoms with Crippen LogP contribution in [-0.2, 0) is 11.3 Å². The minimum atomic E-state index is -0.176. The van der Waals surface area contributed by atoms with E-state index in [2.05, 4.69) is 21.3 Å². The molecule has 0 unspecified atom stereocenters. The number of hydrogen-bond donors (Lipinski definition) is 1. The van der Waals surface area contributed by atoms with E-state index in [1.54, 1.807) is 24.3 Å². The molecule has 1 amide bonds. The highest BCUT2D eigenvalue weighted by atomic mass is 16.2. The van der Waals surface area contributed by atoms with Crippen molar-refractivity contribution in [3.63, 3.8) is 0 Å². The molecule has 0 aliphatic heterocycles. The maximum atomic E-state index is 11.6. The van der Waals surface area contributed by atoms with Crippen molar-refractivity contribution in [3.8, 4) is 12.3 Å². The van der Waals surface area contributed by atoms with E-state index in [1.165, 1.54) is 17.3 Å². The van der Waals surface area contributed by atoms with Crippen LogP contribution in [0.4, 0.5) is 5.69 Å². The Morgan fingerprint density at radius 3 is 3.12 bits per heavy atom. The second kappa shape index (κ2) is 4.94. The van der Waals surface area contributed by atoms with Crippen molar-refractivity contribution in [1.29, 1.82) is 0 Å². The van der Waals surface area contributed by atoms with Crippen molar-refractivity contribution >= 4 is 11.6 Å². The molecule has 0 saturated heterocycles. The summed E-state index contributed by atoms with van der Waals surface area (Å²) in [7, 11) is 0. The molecule has 0 bridgehead atoms. The molecule has 0 radical (unpaired) electrons. The summed E-state index contributed by atoms with van der Waals surface area (Å²) >= 11 is 0. The van der Waals surface area contributed by atoms with Crippen LogP contribution in [0, 0.1) is 12.3 Å². The van der Waals surface area contributed by atoms with Gasteiger partial charge in [-0.1, -0.05) is 12.0 Å². The summed E-state index contributed by atoms with van der Waals surface area (Å²) in [6, 6.07) is 7.10. The summed E-state index contributed by atoms with van der Waals surface area (Å²) in [4.78, 5) is 15.4. The van der Waals surface area contributed by atoms with Gasteiger partial charge in [-0.15, -0.1) is 6.42 Å².